The summed E-state index contributed by atoms with van der Waals surface area (Å²) in [7, 11) is 1.66. The average molecular weight is 382 g/mol. The Morgan fingerprint density at radius 3 is 2.32 bits per heavy atom. The molecule has 1 saturated carbocycles. The molecule has 28 heavy (non-hydrogen) atoms. The van der Waals surface area contributed by atoms with Crippen molar-refractivity contribution in [2.24, 2.45) is 5.92 Å². The van der Waals surface area contributed by atoms with Gasteiger partial charge < -0.3 is 14.5 Å². The minimum atomic E-state index is 0.0498. The number of rotatable bonds is 9. The van der Waals surface area contributed by atoms with Crippen molar-refractivity contribution < 1.29 is 9.53 Å². The molecule has 150 valence electrons. The average Bonchev–Trinajstić information content (AvgIpc) is 3.58. The van der Waals surface area contributed by atoms with Crippen LogP contribution in [0.25, 0.3) is 0 Å². The van der Waals surface area contributed by atoms with Gasteiger partial charge in [0.1, 0.15) is 11.6 Å². The second-order valence-electron chi connectivity index (χ2n) is 7.44. The summed E-state index contributed by atoms with van der Waals surface area (Å²) in [6.07, 6.45) is 4.12. The van der Waals surface area contributed by atoms with Crippen LogP contribution in [0, 0.1) is 5.92 Å². The van der Waals surface area contributed by atoms with Crippen molar-refractivity contribution in [3.63, 3.8) is 0 Å². The van der Waals surface area contributed by atoms with Crippen LogP contribution in [0.5, 0.6) is 5.75 Å². The third kappa shape index (κ3) is 4.64. The molecule has 0 aliphatic heterocycles. The first-order chi connectivity index (χ1) is 13.6. The van der Waals surface area contributed by atoms with Gasteiger partial charge in [-0.05, 0) is 69.4 Å². The van der Waals surface area contributed by atoms with Gasteiger partial charge in [0, 0.05) is 31.9 Å². The molecular weight excluding hydrogens is 350 g/mol. The fourth-order valence-electron chi connectivity index (χ4n) is 3.57. The Bertz CT molecular complexity index is 765. The van der Waals surface area contributed by atoms with Gasteiger partial charge in [0.2, 0.25) is 0 Å². The summed E-state index contributed by atoms with van der Waals surface area (Å²) in [6, 6.07) is 12.0. The van der Waals surface area contributed by atoms with Crippen LogP contribution >= 0.6 is 0 Å². The molecule has 1 aromatic carbocycles. The van der Waals surface area contributed by atoms with E-state index in [9.17, 15) is 4.79 Å². The lowest BCUT2D eigenvalue weighted by Crippen LogP contribution is -2.39. The number of amides is 1. The van der Waals surface area contributed by atoms with Gasteiger partial charge in [-0.3, -0.25) is 4.79 Å². The van der Waals surface area contributed by atoms with E-state index >= 15 is 0 Å². The summed E-state index contributed by atoms with van der Waals surface area (Å²) < 4.78 is 5.24. The van der Waals surface area contributed by atoms with Crippen molar-refractivity contribution in [3.05, 3.63) is 53.7 Å². The van der Waals surface area contributed by atoms with Gasteiger partial charge >= 0.3 is 0 Å². The number of ether oxygens (including phenoxy) is 1. The predicted molar refractivity (Wildman–Crippen MR) is 113 cm³/mol. The van der Waals surface area contributed by atoms with Crippen molar-refractivity contribution >= 4 is 11.7 Å². The molecule has 1 aliphatic carbocycles. The van der Waals surface area contributed by atoms with Gasteiger partial charge in [0.15, 0.2) is 0 Å². The van der Waals surface area contributed by atoms with Gasteiger partial charge in [0.05, 0.1) is 12.7 Å². The number of carbonyl (C=O) groups excluding carboxylic acids is 1. The van der Waals surface area contributed by atoms with Crippen LogP contribution in [-0.2, 0) is 6.54 Å². The maximum Gasteiger partial charge on any atom is 0.255 e. The summed E-state index contributed by atoms with van der Waals surface area (Å²) in [4.78, 5) is 22.0. The minimum Gasteiger partial charge on any atom is -0.497 e. The number of pyridine rings is 1. The maximum absolute atomic E-state index is 13.3. The third-order valence-electron chi connectivity index (χ3n) is 5.65. The number of aromatic nitrogens is 1. The number of carbonyl (C=O) groups is 1. The highest BCUT2D eigenvalue weighted by molar-refractivity contribution is 5.94. The van der Waals surface area contributed by atoms with Gasteiger partial charge in [-0.1, -0.05) is 12.1 Å². The Morgan fingerprint density at radius 1 is 1.14 bits per heavy atom. The van der Waals surface area contributed by atoms with Crippen molar-refractivity contribution in [3.8, 4) is 5.75 Å². The number of hydrogen-bond donors (Lipinski definition) is 0. The zero-order chi connectivity index (χ0) is 20.1. The number of hydrogen-bond acceptors (Lipinski definition) is 4. The van der Waals surface area contributed by atoms with Crippen LogP contribution in [0.2, 0.25) is 0 Å². The summed E-state index contributed by atoms with van der Waals surface area (Å²) in [5, 5.41) is 0. The third-order valence-corrected chi connectivity index (χ3v) is 5.65. The number of anilines is 1. The first-order valence-electron chi connectivity index (χ1n) is 10.2. The molecule has 5 heteroatoms. The predicted octanol–water partition coefficient (Wildman–Crippen LogP) is 4.38. The van der Waals surface area contributed by atoms with Crippen molar-refractivity contribution in [1.29, 1.82) is 0 Å². The molecule has 1 amide bonds. The molecule has 1 aromatic heterocycles. The first-order valence-corrected chi connectivity index (χ1v) is 10.2. The molecule has 1 atom stereocenters. The molecule has 0 saturated heterocycles. The molecule has 1 unspecified atom stereocenters. The number of benzene rings is 1. The van der Waals surface area contributed by atoms with E-state index in [1.807, 2.05) is 41.3 Å². The quantitative estimate of drug-likeness (QED) is 0.647. The highest BCUT2D eigenvalue weighted by atomic mass is 16.5. The smallest absolute Gasteiger partial charge is 0.255 e. The Morgan fingerprint density at radius 2 is 1.82 bits per heavy atom. The minimum absolute atomic E-state index is 0.0498. The maximum atomic E-state index is 13.3. The normalized spacial score (nSPS) is 14.4. The Labute approximate surface area is 168 Å². The lowest BCUT2D eigenvalue weighted by Gasteiger charge is -2.30. The van der Waals surface area contributed by atoms with Crippen molar-refractivity contribution in [2.45, 2.75) is 46.2 Å². The van der Waals surface area contributed by atoms with Crippen LogP contribution < -0.4 is 9.64 Å². The molecule has 1 aliphatic rings. The second kappa shape index (κ2) is 9.09. The molecule has 0 N–H and O–H groups in total. The molecule has 0 spiro atoms. The Balaban J connectivity index is 1.79. The van der Waals surface area contributed by atoms with E-state index < -0.39 is 0 Å². The SMILES string of the molecule is CCN(CC)c1ccc(C(=O)N(Cc2ccc(OC)cc2)C(C)C2CC2)cn1. The Kier molecular flexibility index (Phi) is 6.55. The molecule has 2 aromatic rings. The van der Waals surface area contributed by atoms with E-state index in [0.29, 0.717) is 18.0 Å². The van der Waals surface area contributed by atoms with E-state index in [0.717, 1.165) is 30.2 Å². The largest absolute Gasteiger partial charge is 0.497 e. The fourth-order valence-corrected chi connectivity index (χ4v) is 3.57. The molecule has 5 nitrogen and oxygen atoms in total. The van der Waals surface area contributed by atoms with Crippen LogP contribution in [0.1, 0.15) is 49.5 Å². The molecule has 1 heterocycles. The van der Waals surface area contributed by atoms with Gasteiger partial charge in [0.25, 0.3) is 5.91 Å². The lowest BCUT2D eigenvalue weighted by atomic mass is 10.1. The topological polar surface area (TPSA) is 45.7 Å². The Hall–Kier alpha value is -2.56. The van der Waals surface area contributed by atoms with E-state index in [4.69, 9.17) is 4.74 Å². The van der Waals surface area contributed by atoms with E-state index in [-0.39, 0.29) is 11.9 Å². The molecule has 1 fully saturated rings. The molecule has 0 bridgehead atoms. The monoisotopic (exact) mass is 381 g/mol. The van der Waals surface area contributed by atoms with Gasteiger partial charge in [-0.2, -0.15) is 0 Å². The first kappa shape index (κ1) is 20.2. The number of nitrogens with zero attached hydrogens (tertiary/aromatic N) is 3. The zero-order valence-electron chi connectivity index (χ0n) is 17.4. The summed E-state index contributed by atoms with van der Waals surface area (Å²) in [6.45, 7) is 8.78. The second-order valence-corrected chi connectivity index (χ2v) is 7.44. The molecule has 3 rings (SSSR count). The van der Waals surface area contributed by atoms with Crippen LogP contribution in [0.4, 0.5) is 5.82 Å². The van der Waals surface area contributed by atoms with Crippen molar-refractivity contribution in [2.75, 3.05) is 25.1 Å². The van der Waals surface area contributed by atoms with Crippen LogP contribution in [0.3, 0.4) is 0 Å². The molecular formula is C23H31N3O2. The van der Waals surface area contributed by atoms with E-state index in [2.05, 4.69) is 30.7 Å². The van der Waals surface area contributed by atoms with Gasteiger partial charge in [-0.15, -0.1) is 0 Å². The lowest BCUT2D eigenvalue weighted by molar-refractivity contribution is 0.0654. The summed E-state index contributed by atoms with van der Waals surface area (Å²) in [5.41, 5.74) is 1.76. The van der Waals surface area contributed by atoms with Gasteiger partial charge in [-0.25, -0.2) is 4.98 Å². The zero-order valence-corrected chi connectivity index (χ0v) is 17.4. The highest BCUT2D eigenvalue weighted by Gasteiger charge is 2.34. The summed E-state index contributed by atoms with van der Waals surface area (Å²) in [5.74, 6) is 2.39. The fraction of sp³-hybridized carbons (Fsp3) is 0.478. The van der Waals surface area contributed by atoms with Crippen LogP contribution in [0.15, 0.2) is 42.6 Å². The van der Waals surface area contributed by atoms with E-state index in [1.165, 1.54) is 12.8 Å². The van der Waals surface area contributed by atoms with Crippen molar-refractivity contribution in [1.82, 2.24) is 9.88 Å². The number of methoxy groups -OCH3 is 1. The summed E-state index contributed by atoms with van der Waals surface area (Å²) >= 11 is 0. The standard InChI is InChI=1S/C23H31N3O2/c1-5-25(6-2)22-14-11-20(15-24-22)23(27)26(17(3)19-9-10-19)16-18-7-12-21(28-4)13-8-18/h7-8,11-15,17,19H,5-6,9-10,16H2,1-4H3. The van der Waals surface area contributed by atoms with Crippen LogP contribution in [-0.4, -0.2) is 42.0 Å². The highest BCUT2D eigenvalue weighted by Crippen LogP contribution is 2.36. The molecule has 0 radical (unpaired) electrons. The van der Waals surface area contributed by atoms with E-state index in [1.54, 1.807) is 13.3 Å².